The van der Waals surface area contributed by atoms with E-state index in [1.165, 1.54) is 3.57 Å². The zero-order valence-electron chi connectivity index (χ0n) is 11.7. The van der Waals surface area contributed by atoms with Crippen LogP contribution in [0.3, 0.4) is 0 Å². The van der Waals surface area contributed by atoms with E-state index in [-0.39, 0.29) is 5.63 Å². The molecule has 106 valence electrons. The summed E-state index contributed by atoms with van der Waals surface area (Å²) >= 11 is -0.539. The summed E-state index contributed by atoms with van der Waals surface area (Å²) in [4.78, 5) is 12.3. The minimum atomic E-state index is -0.539. The van der Waals surface area contributed by atoms with Gasteiger partial charge in [-0.25, -0.2) is 4.79 Å². The number of aryl methyl sites for hydroxylation is 1. The van der Waals surface area contributed by atoms with Crippen molar-refractivity contribution in [2.24, 2.45) is 0 Å². The van der Waals surface area contributed by atoms with Crippen molar-refractivity contribution in [3.8, 4) is 5.75 Å². The lowest BCUT2D eigenvalue weighted by atomic mass is 10.1. The van der Waals surface area contributed by atoms with Gasteiger partial charge in [-0.3, -0.25) is 0 Å². The first-order chi connectivity index (χ1) is 10.2. The van der Waals surface area contributed by atoms with E-state index in [1.54, 1.807) is 13.2 Å². The zero-order chi connectivity index (χ0) is 14.8. The molecule has 0 aliphatic carbocycles. The molecular formula is C17H14IO3+. The number of hydrogen-bond donors (Lipinski definition) is 0. The second kappa shape index (κ2) is 5.89. The van der Waals surface area contributed by atoms with Crippen LogP contribution in [0.2, 0.25) is 0 Å². The molecule has 0 bridgehead atoms. The van der Waals surface area contributed by atoms with Crippen molar-refractivity contribution in [2.75, 3.05) is 7.11 Å². The summed E-state index contributed by atoms with van der Waals surface area (Å²) in [5, 5.41) is 0.973. The van der Waals surface area contributed by atoms with Crippen molar-refractivity contribution in [1.29, 1.82) is 0 Å². The number of rotatable bonds is 3. The average Bonchev–Trinajstić information content (AvgIpc) is 2.52. The van der Waals surface area contributed by atoms with E-state index >= 15 is 0 Å². The topological polar surface area (TPSA) is 39.4 Å². The van der Waals surface area contributed by atoms with Crippen molar-refractivity contribution in [3.63, 3.8) is 0 Å². The van der Waals surface area contributed by atoms with Crippen molar-refractivity contribution in [1.82, 2.24) is 0 Å². The van der Waals surface area contributed by atoms with E-state index in [4.69, 9.17) is 9.15 Å². The standard InChI is InChI=1S/C17H14IO3/c1-11-14-9-8-13(20-2)10-15(14)21-17(19)16(11)18-12-6-4-3-5-7-12/h3-10H,1-2H3/q+1. The van der Waals surface area contributed by atoms with E-state index < -0.39 is 21.2 Å². The van der Waals surface area contributed by atoms with E-state index in [1.807, 2.05) is 37.3 Å². The molecule has 0 saturated heterocycles. The van der Waals surface area contributed by atoms with Gasteiger partial charge in [0.1, 0.15) is 11.3 Å². The Bertz CT molecular complexity index is 838. The van der Waals surface area contributed by atoms with Crippen LogP contribution in [0.15, 0.2) is 57.7 Å². The Morgan fingerprint density at radius 2 is 1.86 bits per heavy atom. The number of ether oxygens (including phenoxy) is 1. The summed E-state index contributed by atoms with van der Waals surface area (Å²) in [5.74, 6) is 0.690. The predicted octanol–water partition coefficient (Wildman–Crippen LogP) is 0.238. The van der Waals surface area contributed by atoms with Crippen LogP contribution < -0.4 is 31.6 Å². The van der Waals surface area contributed by atoms with Crippen molar-refractivity contribution in [3.05, 3.63) is 71.7 Å². The van der Waals surface area contributed by atoms with Crippen LogP contribution in [0.5, 0.6) is 5.75 Å². The fourth-order valence-corrected chi connectivity index (χ4v) is 4.56. The zero-order valence-corrected chi connectivity index (χ0v) is 13.9. The first-order valence-electron chi connectivity index (χ1n) is 6.50. The SMILES string of the molecule is COc1ccc2c(C)c([I+]c3ccccc3)c(=O)oc2c1. The van der Waals surface area contributed by atoms with Crippen molar-refractivity contribution >= 4 is 11.0 Å². The molecule has 0 aliphatic heterocycles. The molecule has 3 rings (SSSR count). The molecule has 4 heteroatoms. The molecular weight excluding hydrogens is 379 g/mol. The molecule has 1 heterocycles. The maximum absolute atomic E-state index is 12.3. The summed E-state index contributed by atoms with van der Waals surface area (Å²) in [6.07, 6.45) is 0. The van der Waals surface area contributed by atoms with Crippen molar-refractivity contribution < 1.29 is 30.4 Å². The lowest BCUT2D eigenvalue weighted by molar-refractivity contribution is -0.600. The maximum atomic E-state index is 12.3. The number of hydrogen-bond acceptors (Lipinski definition) is 3. The number of methoxy groups -OCH3 is 1. The van der Waals surface area contributed by atoms with Gasteiger partial charge in [0, 0.05) is 17.0 Å². The highest BCUT2D eigenvalue weighted by atomic mass is 127. The Morgan fingerprint density at radius 1 is 1.10 bits per heavy atom. The third-order valence-electron chi connectivity index (χ3n) is 3.24. The third kappa shape index (κ3) is 2.81. The van der Waals surface area contributed by atoms with E-state index in [9.17, 15) is 4.79 Å². The number of fused-ring (bicyclic) bond motifs is 1. The largest absolute Gasteiger partial charge is 0.497 e. The fourth-order valence-electron chi connectivity index (χ4n) is 2.14. The summed E-state index contributed by atoms with van der Waals surface area (Å²) < 4.78 is 12.7. The minimum Gasteiger partial charge on any atom is -0.497 e. The molecule has 0 radical (unpaired) electrons. The first-order valence-corrected chi connectivity index (χ1v) is 8.66. The molecule has 0 aliphatic rings. The Hall–Kier alpha value is -1.82. The first kappa shape index (κ1) is 14.1. The van der Waals surface area contributed by atoms with Gasteiger partial charge in [0.15, 0.2) is 3.57 Å². The molecule has 0 N–H and O–H groups in total. The predicted molar refractivity (Wildman–Crippen MR) is 77.6 cm³/mol. The fraction of sp³-hybridized carbons (Fsp3) is 0.118. The van der Waals surface area contributed by atoms with Gasteiger partial charge < -0.3 is 9.15 Å². The van der Waals surface area contributed by atoms with Crippen LogP contribution in [0.25, 0.3) is 11.0 Å². The van der Waals surface area contributed by atoms with Gasteiger partial charge in [-0.1, -0.05) is 18.2 Å². The van der Waals surface area contributed by atoms with Crippen LogP contribution >= 0.6 is 0 Å². The molecule has 0 saturated carbocycles. The van der Waals surface area contributed by atoms with Crippen molar-refractivity contribution in [2.45, 2.75) is 6.92 Å². The monoisotopic (exact) mass is 393 g/mol. The lowest BCUT2D eigenvalue weighted by Gasteiger charge is -2.03. The van der Waals surface area contributed by atoms with Gasteiger partial charge in [0.05, 0.1) is 7.11 Å². The molecule has 2 aromatic carbocycles. The molecule has 3 nitrogen and oxygen atoms in total. The summed E-state index contributed by atoms with van der Waals surface area (Å²) in [5.41, 5.74) is 1.36. The van der Waals surface area contributed by atoms with Gasteiger partial charge in [-0.2, -0.15) is 0 Å². The second-order valence-electron chi connectivity index (χ2n) is 4.58. The second-order valence-corrected chi connectivity index (χ2v) is 7.44. The smallest absolute Gasteiger partial charge is 0.391 e. The van der Waals surface area contributed by atoms with Gasteiger partial charge in [-0.05, 0) is 31.2 Å². The maximum Gasteiger partial charge on any atom is 0.391 e. The highest BCUT2D eigenvalue weighted by Crippen LogP contribution is 2.21. The number of halogens is 1. The van der Waals surface area contributed by atoms with Crippen LogP contribution in [-0.4, -0.2) is 7.11 Å². The van der Waals surface area contributed by atoms with Gasteiger partial charge in [-0.15, -0.1) is 0 Å². The summed E-state index contributed by atoms with van der Waals surface area (Å²) in [6.45, 7) is 1.99. The van der Waals surface area contributed by atoms with Gasteiger partial charge >= 0.3 is 26.8 Å². The molecule has 0 fully saturated rings. The van der Waals surface area contributed by atoms with E-state index in [0.717, 1.165) is 14.5 Å². The molecule has 1 aromatic heterocycles. The summed E-state index contributed by atoms with van der Waals surface area (Å²) in [6, 6.07) is 15.7. The molecule has 0 spiro atoms. The third-order valence-corrected chi connectivity index (χ3v) is 6.37. The average molecular weight is 393 g/mol. The Balaban J connectivity index is 2.14. The van der Waals surface area contributed by atoms with Crippen LogP contribution in [0.1, 0.15) is 5.56 Å². The minimum absolute atomic E-state index is 0.232. The van der Waals surface area contributed by atoms with E-state index in [2.05, 4.69) is 12.1 Å². The Labute approximate surface area is 132 Å². The normalized spacial score (nSPS) is 10.8. The van der Waals surface area contributed by atoms with Crippen LogP contribution in [0, 0.1) is 14.1 Å². The molecule has 0 unspecified atom stereocenters. The lowest BCUT2D eigenvalue weighted by Crippen LogP contribution is -3.62. The van der Waals surface area contributed by atoms with Crippen LogP contribution in [0.4, 0.5) is 0 Å². The van der Waals surface area contributed by atoms with Gasteiger partial charge in [0.25, 0.3) is 3.57 Å². The van der Waals surface area contributed by atoms with E-state index in [0.29, 0.717) is 11.3 Å². The Kier molecular flexibility index (Phi) is 3.96. The molecule has 3 aromatic rings. The van der Waals surface area contributed by atoms with Crippen LogP contribution in [-0.2, 0) is 0 Å². The highest BCUT2D eigenvalue weighted by molar-refractivity contribution is 5.81. The molecule has 0 amide bonds. The number of benzene rings is 2. The summed E-state index contributed by atoms with van der Waals surface area (Å²) in [7, 11) is 1.60. The Morgan fingerprint density at radius 3 is 2.57 bits per heavy atom. The molecule has 21 heavy (non-hydrogen) atoms. The quantitative estimate of drug-likeness (QED) is 0.473. The molecule has 0 atom stereocenters. The highest BCUT2D eigenvalue weighted by Gasteiger charge is 2.25. The van der Waals surface area contributed by atoms with Gasteiger partial charge in [0.2, 0.25) is 0 Å².